The van der Waals surface area contributed by atoms with Gasteiger partial charge in [0.1, 0.15) is 6.61 Å². The molecule has 0 bridgehead atoms. The second kappa shape index (κ2) is 9.12. The van der Waals surface area contributed by atoms with Crippen LogP contribution in [0, 0.1) is 17.3 Å². The van der Waals surface area contributed by atoms with Crippen LogP contribution in [0.4, 0.5) is 4.79 Å². The van der Waals surface area contributed by atoms with Crippen molar-refractivity contribution in [1.29, 1.82) is 0 Å². The first kappa shape index (κ1) is 23.8. The Labute approximate surface area is 200 Å². The molecule has 2 atom stereocenters. The van der Waals surface area contributed by atoms with Gasteiger partial charge in [0.15, 0.2) is 0 Å². The van der Waals surface area contributed by atoms with Crippen molar-refractivity contribution in [2.45, 2.75) is 39.7 Å². The number of carboxylic acids is 1. The molecular formula is C27H32N2O5. The van der Waals surface area contributed by atoms with Gasteiger partial charge in [-0.25, -0.2) is 4.79 Å². The number of ether oxygens (including phenoxy) is 1. The van der Waals surface area contributed by atoms with E-state index in [4.69, 9.17) is 4.74 Å². The summed E-state index contributed by atoms with van der Waals surface area (Å²) < 4.78 is 5.63. The summed E-state index contributed by atoms with van der Waals surface area (Å²) in [5.41, 5.74) is 3.70. The molecule has 0 radical (unpaired) electrons. The molecule has 2 aliphatic rings. The van der Waals surface area contributed by atoms with Crippen LogP contribution >= 0.6 is 0 Å². The Kier molecular flexibility index (Phi) is 6.39. The molecule has 180 valence electrons. The lowest BCUT2D eigenvalue weighted by molar-refractivity contribution is -0.166. The van der Waals surface area contributed by atoms with Crippen LogP contribution in [-0.2, 0) is 14.3 Å². The molecular weight excluding hydrogens is 432 g/mol. The molecule has 4 rings (SSSR count). The Bertz CT molecular complexity index is 1060. The van der Waals surface area contributed by atoms with Gasteiger partial charge in [-0.2, -0.15) is 0 Å². The van der Waals surface area contributed by atoms with E-state index in [1.807, 2.05) is 38.1 Å². The molecule has 0 spiro atoms. The molecule has 0 saturated carbocycles. The molecule has 2 N–H and O–H groups in total. The maximum atomic E-state index is 13.1. The molecule has 2 amide bonds. The number of alkyl carbamates (subject to hydrolysis) is 1. The molecule has 1 fully saturated rings. The van der Waals surface area contributed by atoms with Gasteiger partial charge in [-0.15, -0.1) is 0 Å². The first-order valence-electron chi connectivity index (χ1n) is 11.8. The third kappa shape index (κ3) is 4.27. The SMILES string of the molecule is CC(C)C(C(=O)N1CC(C)(C(=O)O)C1)C(C)NC(=O)OCC1c2ccccc2-c2ccccc21. The normalized spacial score (nSPS) is 17.9. The number of nitrogens with zero attached hydrogens (tertiary/aromatic N) is 1. The first-order chi connectivity index (χ1) is 16.1. The topological polar surface area (TPSA) is 95.9 Å². The number of carbonyl (C=O) groups is 3. The molecule has 1 aliphatic carbocycles. The Morgan fingerprint density at radius 1 is 1.03 bits per heavy atom. The number of amides is 2. The van der Waals surface area contributed by atoms with Gasteiger partial charge >= 0.3 is 12.1 Å². The van der Waals surface area contributed by atoms with E-state index >= 15 is 0 Å². The summed E-state index contributed by atoms with van der Waals surface area (Å²) in [7, 11) is 0. The zero-order valence-corrected chi connectivity index (χ0v) is 20.1. The fourth-order valence-corrected chi connectivity index (χ4v) is 5.29. The lowest BCUT2D eigenvalue weighted by Crippen LogP contribution is -2.63. The van der Waals surface area contributed by atoms with E-state index in [1.165, 1.54) is 0 Å². The van der Waals surface area contributed by atoms with Crippen molar-refractivity contribution in [3.63, 3.8) is 0 Å². The van der Waals surface area contributed by atoms with Gasteiger partial charge in [-0.05, 0) is 42.0 Å². The van der Waals surface area contributed by atoms with Gasteiger partial charge in [0.25, 0.3) is 0 Å². The summed E-state index contributed by atoms with van der Waals surface area (Å²) in [5, 5.41) is 12.2. The van der Waals surface area contributed by atoms with E-state index in [0.29, 0.717) is 0 Å². The maximum Gasteiger partial charge on any atom is 0.407 e. The maximum absolute atomic E-state index is 13.1. The number of aliphatic carboxylic acids is 1. The van der Waals surface area contributed by atoms with Gasteiger partial charge in [-0.1, -0.05) is 62.4 Å². The predicted octanol–water partition coefficient (Wildman–Crippen LogP) is 4.12. The number of hydrogen-bond donors (Lipinski definition) is 2. The van der Waals surface area contributed by atoms with Crippen molar-refractivity contribution in [2.75, 3.05) is 19.7 Å². The Balaban J connectivity index is 1.38. The zero-order chi connectivity index (χ0) is 24.6. The number of carboxylic acid groups (broad SMARTS) is 1. The molecule has 2 unspecified atom stereocenters. The van der Waals surface area contributed by atoms with Crippen molar-refractivity contribution < 1.29 is 24.2 Å². The molecule has 0 aromatic heterocycles. The highest BCUT2D eigenvalue weighted by Crippen LogP contribution is 2.44. The van der Waals surface area contributed by atoms with Crippen LogP contribution < -0.4 is 5.32 Å². The monoisotopic (exact) mass is 464 g/mol. The third-order valence-corrected chi connectivity index (χ3v) is 7.14. The highest BCUT2D eigenvalue weighted by molar-refractivity contribution is 5.85. The van der Waals surface area contributed by atoms with Crippen molar-refractivity contribution in [2.24, 2.45) is 17.3 Å². The number of hydrogen-bond acceptors (Lipinski definition) is 4. The van der Waals surface area contributed by atoms with Crippen LogP contribution in [0.15, 0.2) is 48.5 Å². The number of likely N-dealkylation sites (tertiary alicyclic amines) is 1. The van der Waals surface area contributed by atoms with Crippen LogP contribution in [-0.4, -0.2) is 53.7 Å². The third-order valence-electron chi connectivity index (χ3n) is 7.14. The van der Waals surface area contributed by atoms with Crippen molar-refractivity contribution in [3.8, 4) is 11.1 Å². The Morgan fingerprint density at radius 2 is 1.56 bits per heavy atom. The van der Waals surface area contributed by atoms with Crippen LogP contribution in [0.3, 0.4) is 0 Å². The number of rotatable bonds is 7. The zero-order valence-electron chi connectivity index (χ0n) is 20.1. The Hall–Kier alpha value is -3.35. The fourth-order valence-electron chi connectivity index (χ4n) is 5.29. The average Bonchev–Trinajstić information content (AvgIpc) is 3.08. The highest BCUT2D eigenvalue weighted by atomic mass is 16.5. The molecule has 7 nitrogen and oxygen atoms in total. The quantitative estimate of drug-likeness (QED) is 0.643. The second-order valence-electron chi connectivity index (χ2n) is 10.1. The molecule has 2 aromatic carbocycles. The molecule has 2 aromatic rings. The van der Waals surface area contributed by atoms with Crippen molar-refractivity contribution >= 4 is 18.0 Å². The van der Waals surface area contributed by atoms with Gasteiger partial charge < -0.3 is 20.1 Å². The summed E-state index contributed by atoms with van der Waals surface area (Å²) in [6.45, 7) is 7.85. The molecule has 1 aliphatic heterocycles. The predicted molar refractivity (Wildman–Crippen MR) is 128 cm³/mol. The molecule has 1 heterocycles. The van der Waals surface area contributed by atoms with E-state index in [2.05, 4.69) is 29.6 Å². The minimum atomic E-state index is -0.902. The lowest BCUT2D eigenvalue weighted by Gasteiger charge is -2.47. The van der Waals surface area contributed by atoms with Crippen LogP contribution in [0.25, 0.3) is 11.1 Å². The van der Waals surface area contributed by atoms with Gasteiger partial charge in [0, 0.05) is 25.0 Å². The summed E-state index contributed by atoms with van der Waals surface area (Å²) in [6.07, 6.45) is -0.563. The largest absolute Gasteiger partial charge is 0.481 e. The van der Waals surface area contributed by atoms with E-state index in [9.17, 15) is 19.5 Å². The van der Waals surface area contributed by atoms with Gasteiger partial charge in [0.05, 0.1) is 11.3 Å². The highest BCUT2D eigenvalue weighted by Gasteiger charge is 2.49. The van der Waals surface area contributed by atoms with E-state index in [1.54, 1.807) is 18.7 Å². The summed E-state index contributed by atoms with van der Waals surface area (Å²) in [5.74, 6) is -1.58. The summed E-state index contributed by atoms with van der Waals surface area (Å²) >= 11 is 0. The van der Waals surface area contributed by atoms with Crippen LogP contribution in [0.1, 0.15) is 44.7 Å². The fraction of sp³-hybridized carbons (Fsp3) is 0.444. The lowest BCUT2D eigenvalue weighted by atomic mass is 9.79. The molecule has 34 heavy (non-hydrogen) atoms. The summed E-state index contributed by atoms with van der Waals surface area (Å²) in [6, 6.07) is 15.8. The Morgan fingerprint density at radius 3 is 2.06 bits per heavy atom. The average molecular weight is 465 g/mol. The van der Waals surface area contributed by atoms with E-state index < -0.39 is 29.4 Å². The summed E-state index contributed by atoms with van der Waals surface area (Å²) in [4.78, 5) is 38.7. The van der Waals surface area contributed by atoms with Gasteiger partial charge in [0.2, 0.25) is 5.91 Å². The van der Waals surface area contributed by atoms with E-state index in [-0.39, 0.29) is 37.4 Å². The van der Waals surface area contributed by atoms with Crippen LogP contribution in [0.2, 0.25) is 0 Å². The smallest absolute Gasteiger partial charge is 0.407 e. The standard InChI is InChI=1S/C27H32N2O5/c1-16(2)23(24(30)29-14-27(4,15-29)25(31)32)17(3)28-26(33)34-13-22-20-11-7-5-9-18(20)19-10-6-8-12-21(19)22/h5-12,16-17,22-23H,13-15H2,1-4H3,(H,28,33)(H,31,32). The number of benzene rings is 2. The minimum Gasteiger partial charge on any atom is -0.481 e. The number of nitrogens with one attached hydrogen (secondary N) is 1. The molecule has 1 saturated heterocycles. The van der Waals surface area contributed by atoms with E-state index in [0.717, 1.165) is 22.3 Å². The van der Waals surface area contributed by atoms with Crippen LogP contribution in [0.5, 0.6) is 0 Å². The number of carbonyl (C=O) groups excluding carboxylic acids is 2. The second-order valence-corrected chi connectivity index (χ2v) is 10.1. The minimum absolute atomic E-state index is 0.0342. The van der Waals surface area contributed by atoms with Gasteiger partial charge in [-0.3, -0.25) is 9.59 Å². The number of fused-ring (bicyclic) bond motifs is 3. The molecule has 7 heteroatoms. The van der Waals surface area contributed by atoms with Crippen molar-refractivity contribution in [1.82, 2.24) is 10.2 Å². The first-order valence-corrected chi connectivity index (χ1v) is 11.8. The van der Waals surface area contributed by atoms with Crippen molar-refractivity contribution in [3.05, 3.63) is 59.7 Å².